The zero-order valence-electron chi connectivity index (χ0n) is 9.38. The molecule has 5 heteroatoms. The van der Waals surface area contributed by atoms with Crippen LogP contribution in [0, 0.1) is 5.82 Å². The summed E-state index contributed by atoms with van der Waals surface area (Å²) in [6, 6.07) is 4.07. The van der Waals surface area contributed by atoms with Crippen LogP contribution in [0.2, 0.25) is 0 Å². The molecule has 0 saturated carbocycles. The van der Waals surface area contributed by atoms with Crippen LogP contribution in [-0.2, 0) is 0 Å². The van der Waals surface area contributed by atoms with E-state index >= 15 is 0 Å². The minimum Gasteiger partial charge on any atom is -0.285 e. The lowest BCUT2D eigenvalue weighted by Crippen LogP contribution is -2.45. The lowest BCUT2D eigenvalue weighted by atomic mass is 10.1. The molecule has 0 unspecified atom stereocenters. The van der Waals surface area contributed by atoms with Crippen LogP contribution in [-0.4, -0.2) is 24.0 Å². The summed E-state index contributed by atoms with van der Waals surface area (Å²) in [5.41, 5.74) is 3.29. The van der Waals surface area contributed by atoms with Crippen LogP contribution in [0.3, 0.4) is 0 Å². The average Bonchev–Trinajstić information content (AvgIpc) is 2.30. The number of hydrazine groups is 1. The maximum atomic E-state index is 12.9. The molecular formula is C12H14BrFN2O. The number of hydrogen-bond donors (Lipinski definition) is 1. The number of benzene rings is 1. The monoisotopic (exact) mass is 300 g/mol. The molecular weight excluding hydrogens is 287 g/mol. The lowest BCUT2D eigenvalue weighted by molar-refractivity contribution is 0.0749. The topological polar surface area (TPSA) is 32.3 Å². The van der Waals surface area contributed by atoms with E-state index in [-0.39, 0.29) is 11.7 Å². The first-order chi connectivity index (χ1) is 8.16. The van der Waals surface area contributed by atoms with Crippen LogP contribution in [0.4, 0.5) is 4.39 Å². The SMILES string of the molecule is O=C(NN1CCCCC1)c1ccc(F)cc1Br. The van der Waals surface area contributed by atoms with Crippen LogP contribution < -0.4 is 5.43 Å². The first kappa shape index (κ1) is 12.5. The fraction of sp³-hybridized carbons (Fsp3) is 0.417. The second-order valence-electron chi connectivity index (χ2n) is 4.11. The van der Waals surface area contributed by atoms with E-state index in [1.165, 1.54) is 24.6 Å². The highest BCUT2D eigenvalue weighted by Crippen LogP contribution is 2.18. The van der Waals surface area contributed by atoms with Gasteiger partial charge in [0.25, 0.3) is 5.91 Å². The normalized spacial score (nSPS) is 16.8. The van der Waals surface area contributed by atoms with Gasteiger partial charge in [-0.1, -0.05) is 6.42 Å². The van der Waals surface area contributed by atoms with Gasteiger partial charge in [0.2, 0.25) is 0 Å². The quantitative estimate of drug-likeness (QED) is 0.911. The second-order valence-corrected chi connectivity index (χ2v) is 4.97. The van der Waals surface area contributed by atoms with E-state index in [9.17, 15) is 9.18 Å². The molecule has 1 heterocycles. The van der Waals surface area contributed by atoms with Gasteiger partial charge in [-0.05, 0) is 47.0 Å². The summed E-state index contributed by atoms with van der Waals surface area (Å²) in [7, 11) is 0. The molecule has 1 aromatic carbocycles. The van der Waals surface area contributed by atoms with Gasteiger partial charge in [0.15, 0.2) is 0 Å². The molecule has 0 atom stereocenters. The van der Waals surface area contributed by atoms with Crippen molar-refractivity contribution >= 4 is 21.8 Å². The molecule has 1 saturated heterocycles. The Kier molecular flexibility index (Phi) is 4.12. The summed E-state index contributed by atoms with van der Waals surface area (Å²) in [5.74, 6) is -0.551. The van der Waals surface area contributed by atoms with Crippen molar-refractivity contribution in [3.63, 3.8) is 0 Å². The third-order valence-corrected chi connectivity index (χ3v) is 3.45. The number of hydrogen-bond acceptors (Lipinski definition) is 2. The average molecular weight is 301 g/mol. The number of piperidine rings is 1. The van der Waals surface area contributed by atoms with Crippen molar-refractivity contribution < 1.29 is 9.18 Å². The number of nitrogens with zero attached hydrogens (tertiary/aromatic N) is 1. The summed E-state index contributed by atoms with van der Waals surface area (Å²) in [5, 5.41) is 1.92. The zero-order valence-corrected chi connectivity index (χ0v) is 11.0. The van der Waals surface area contributed by atoms with Gasteiger partial charge in [0.05, 0.1) is 5.56 Å². The first-order valence-electron chi connectivity index (χ1n) is 5.68. The molecule has 0 spiro atoms. The highest BCUT2D eigenvalue weighted by Gasteiger charge is 2.16. The van der Waals surface area contributed by atoms with Crippen molar-refractivity contribution in [1.82, 2.24) is 10.4 Å². The van der Waals surface area contributed by atoms with Gasteiger partial charge < -0.3 is 0 Å². The highest BCUT2D eigenvalue weighted by atomic mass is 79.9. The van der Waals surface area contributed by atoms with E-state index in [4.69, 9.17) is 0 Å². The third kappa shape index (κ3) is 3.26. The van der Waals surface area contributed by atoms with Crippen molar-refractivity contribution in [3.05, 3.63) is 34.1 Å². The van der Waals surface area contributed by atoms with Gasteiger partial charge in [0.1, 0.15) is 5.82 Å². The number of carbonyl (C=O) groups is 1. The number of carbonyl (C=O) groups excluding carboxylic acids is 1. The van der Waals surface area contributed by atoms with Crippen molar-refractivity contribution in [2.24, 2.45) is 0 Å². The minimum absolute atomic E-state index is 0.196. The van der Waals surface area contributed by atoms with Crippen molar-refractivity contribution in [2.45, 2.75) is 19.3 Å². The number of halogens is 2. The van der Waals surface area contributed by atoms with Crippen LogP contribution in [0.5, 0.6) is 0 Å². The molecule has 3 nitrogen and oxygen atoms in total. The highest BCUT2D eigenvalue weighted by molar-refractivity contribution is 9.10. The van der Waals surface area contributed by atoms with Crippen molar-refractivity contribution in [2.75, 3.05) is 13.1 Å². The smallest absolute Gasteiger partial charge is 0.266 e. The van der Waals surface area contributed by atoms with Gasteiger partial charge in [0, 0.05) is 17.6 Å². The Bertz CT molecular complexity index is 419. The largest absolute Gasteiger partial charge is 0.285 e. The van der Waals surface area contributed by atoms with Gasteiger partial charge in [-0.2, -0.15) is 0 Å². The minimum atomic E-state index is -0.355. The molecule has 0 bridgehead atoms. The number of rotatable bonds is 2. The Hall–Kier alpha value is -0.940. The molecule has 17 heavy (non-hydrogen) atoms. The van der Waals surface area contributed by atoms with E-state index < -0.39 is 0 Å². The maximum Gasteiger partial charge on any atom is 0.266 e. The number of nitrogens with one attached hydrogen (secondary N) is 1. The third-order valence-electron chi connectivity index (χ3n) is 2.79. The van der Waals surface area contributed by atoms with Crippen LogP contribution in [0.1, 0.15) is 29.6 Å². The lowest BCUT2D eigenvalue weighted by Gasteiger charge is -2.26. The molecule has 0 aliphatic carbocycles. The molecule has 1 aromatic rings. The Morgan fingerprint density at radius 2 is 2.00 bits per heavy atom. The summed E-state index contributed by atoms with van der Waals surface area (Å²) in [6.07, 6.45) is 3.42. The molecule has 1 N–H and O–H groups in total. The predicted molar refractivity (Wildman–Crippen MR) is 67.0 cm³/mol. The first-order valence-corrected chi connectivity index (χ1v) is 6.47. The predicted octanol–water partition coefficient (Wildman–Crippen LogP) is 2.72. The van der Waals surface area contributed by atoms with Crippen molar-refractivity contribution in [1.29, 1.82) is 0 Å². The Morgan fingerprint density at radius 1 is 1.29 bits per heavy atom. The summed E-state index contributed by atoms with van der Waals surface area (Å²) >= 11 is 3.19. The fourth-order valence-electron chi connectivity index (χ4n) is 1.88. The number of amides is 1. The standard InChI is InChI=1S/C12H14BrFN2O/c13-11-8-9(14)4-5-10(11)12(17)15-16-6-2-1-3-7-16/h4-5,8H,1-3,6-7H2,(H,15,17). The van der Waals surface area contributed by atoms with Gasteiger partial charge in [-0.3, -0.25) is 10.2 Å². The van der Waals surface area contributed by atoms with Crippen LogP contribution in [0.15, 0.2) is 22.7 Å². The molecule has 0 aromatic heterocycles. The molecule has 0 radical (unpaired) electrons. The maximum absolute atomic E-state index is 12.9. The molecule has 1 fully saturated rings. The van der Waals surface area contributed by atoms with Crippen LogP contribution in [0.25, 0.3) is 0 Å². The van der Waals surface area contributed by atoms with Gasteiger partial charge in [-0.25, -0.2) is 9.40 Å². The van der Waals surface area contributed by atoms with E-state index in [1.807, 2.05) is 5.01 Å². The van der Waals surface area contributed by atoms with Gasteiger partial charge >= 0.3 is 0 Å². The second kappa shape index (κ2) is 5.60. The Morgan fingerprint density at radius 3 is 2.65 bits per heavy atom. The Balaban J connectivity index is 2.03. The van der Waals surface area contributed by atoms with E-state index in [2.05, 4.69) is 21.4 Å². The summed E-state index contributed by atoms with van der Waals surface area (Å²) < 4.78 is 13.4. The molecule has 1 amide bonds. The summed E-state index contributed by atoms with van der Waals surface area (Å²) in [6.45, 7) is 1.76. The van der Waals surface area contributed by atoms with E-state index in [1.54, 1.807) is 0 Å². The fourth-order valence-corrected chi connectivity index (χ4v) is 2.41. The van der Waals surface area contributed by atoms with Crippen molar-refractivity contribution in [3.8, 4) is 0 Å². The summed E-state index contributed by atoms with van der Waals surface area (Å²) in [4.78, 5) is 11.9. The van der Waals surface area contributed by atoms with E-state index in [0.717, 1.165) is 25.9 Å². The molecule has 92 valence electrons. The molecule has 1 aliphatic rings. The Labute approximate surface area is 108 Å². The zero-order chi connectivity index (χ0) is 12.3. The van der Waals surface area contributed by atoms with E-state index in [0.29, 0.717) is 10.0 Å². The molecule has 2 rings (SSSR count). The van der Waals surface area contributed by atoms with Gasteiger partial charge in [-0.15, -0.1) is 0 Å². The molecule has 1 aliphatic heterocycles. The van der Waals surface area contributed by atoms with Crippen LogP contribution >= 0.6 is 15.9 Å².